The first kappa shape index (κ1) is 17.3. The second-order valence-corrected chi connectivity index (χ2v) is 7.83. The van der Waals surface area contributed by atoms with E-state index in [0.717, 1.165) is 47.7 Å². The van der Waals surface area contributed by atoms with Gasteiger partial charge in [-0.15, -0.1) is 0 Å². The zero-order chi connectivity index (χ0) is 17.8. The molecule has 1 unspecified atom stereocenters. The summed E-state index contributed by atoms with van der Waals surface area (Å²) >= 11 is 6.58. The van der Waals surface area contributed by atoms with Gasteiger partial charge in [-0.05, 0) is 37.1 Å². The first-order chi connectivity index (χ1) is 12.8. The topological polar surface area (TPSA) is 59.4 Å². The average molecular weight is 383 g/mol. The molecule has 2 aliphatic heterocycles. The van der Waals surface area contributed by atoms with Crippen molar-refractivity contribution in [3.05, 3.63) is 47.1 Å². The van der Waals surface area contributed by atoms with E-state index >= 15 is 0 Å². The van der Waals surface area contributed by atoms with Crippen molar-refractivity contribution in [1.29, 1.82) is 0 Å². The molecule has 5 nitrogen and oxygen atoms in total. The molecule has 0 saturated carbocycles. The highest BCUT2D eigenvalue weighted by molar-refractivity contribution is 8.26. The number of benzene rings is 1. The molecule has 0 aliphatic carbocycles. The molecular formula is C19H18N4OS2. The van der Waals surface area contributed by atoms with Crippen LogP contribution < -0.4 is 10.1 Å². The standard InChI is InChI=1S/C19H18N4OS2/c25-19-22-10-16(26-19)8-13-3-1-4-14(7-13)17-11-21-12-18(23-17)24-15-5-2-6-20-9-15/h1,3-4,7-8,10-12,15,20H,2,5-6,9H2. The van der Waals surface area contributed by atoms with Gasteiger partial charge in [0.05, 0.1) is 18.1 Å². The minimum absolute atomic E-state index is 0.159. The fraction of sp³-hybridized carbons (Fsp3) is 0.263. The van der Waals surface area contributed by atoms with Crippen molar-refractivity contribution in [2.24, 2.45) is 4.99 Å². The van der Waals surface area contributed by atoms with Crippen LogP contribution >= 0.6 is 24.0 Å². The quantitative estimate of drug-likeness (QED) is 0.814. The lowest BCUT2D eigenvalue weighted by molar-refractivity contribution is 0.160. The Balaban J connectivity index is 1.54. The zero-order valence-corrected chi connectivity index (χ0v) is 15.7. The fourth-order valence-corrected chi connectivity index (χ4v) is 3.87. The third-order valence-corrected chi connectivity index (χ3v) is 5.24. The summed E-state index contributed by atoms with van der Waals surface area (Å²) in [5.41, 5.74) is 2.88. The van der Waals surface area contributed by atoms with E-state index in [2.05, 4.69) is 32.4 Å². The lowest BCUT2D eigenvalue weighted by atomic mass is 10.1. The molecule has 1 aromatic carbocycles. The minimum atomic E-state index is 0.159. The van der Waals surface area contributed by atoms with Crippen molar-refractivity contribution in [2.45, 2.75) is 18.9 Å². The van der Waals surface area contributed by atoms with Crippen LogP contribution in [0.25, 0.3) is 17.3 Å². The Morgan fingerprint density at radius 2 is 2.27 bits per heavy atom. The van der Waals surface area contributed by atoms with Crippen LogP contribution in [0.1, 0.15) is 18.4 Å². The molecule has 4 rings (SSSR count). The van der Waals surface area contributed by atoms with E-state index in [1.165, 1.54) is 11.8 Å². The molecule has 1 fully saturated rings. The van der Waals surface area contributed by atoms with Crippen LogP contribution in [0.15, 0.2) is 46.6 Å². The predicted molar refractivity (Wildman–Crippen MR) is 111 cm³/mol. The molecule has 1 aromatic heterocycles. The highest BCUT2D eigenvalue weighted by atomic mass is 32.2. The van der Waals surface area contributed by atoms with Gasteiger partial charge in [0.25, 0.3) is 0 Å². The van der Waals surface area contributed by atoms with Gasteiger partial charge in [-0.3, -0.25) is 4.98 Å². The molecule has 1 N–H and O–H groups in total. The second kappa shape index (κ2) is 8.07. The van der Waals surface area contributed by atoms with Gasteiger partial charge < -0.3 is 10.1 Å². The van der Waals surface area contributed by atoms with Crippen LogP contribution in [-0.2, 0) is 0 Å². The Labute approximate surface area is 162 Å². The zero-order valence-electron chi connectivity index (χ0n) is 14.1. The maximum absolute atomic E-state index is 5.98. The first-order valence-electron chi connectivity index (χ1n) is 8.54. The van der Waals surface area contributed by atoms with E-state index in [1.807, 2.05) is 18.2 Å². The summed E-state index contributed by atoms with van der Waals surface area (Å²) in [7, 11) is 0. The van der Waals surface area contributed by atoms with Crippen LogP contribution in [-0.4, -0.2) is 39.7 Å². The molecule has 1 atom stereocenters. The van der Waals surface area contributed by atoms with Crippen LogP contribution in [0.5, 0.6) is 5.88 Å². The Kier molecular flexibility index (Phi) is 5.38. The number of hydrogen-bond donors (Lipinski definition) is 1. The van der Waals surface area contributed by atoms with Crippen LogP contribution in [0.3, 0.4) is 0 Å². The van der Waals surface area contributed by atoms with Crippen molar-refractivity contribution in [1.82, 2.24) is 15.3 Å². The second-order valence-electron chi connectivity index (χ2n) is 6.13. The van der Waals surface area contributed by atoms with Gasteiger partial charge in [0.1, 0.15) is 6.10 Å². The van der Waals surface area contributed by atoms with Crippen LogP contribution in [0, 0.1) is 0 Å². The number of nitrogens with zero attached hydrogens (tertiary/aromatic N) is 3. The number of ether oxygens (including phenoxy) is 1. The number of thioether (sulfide) groups is 1. The average Bonchev–Trinajstić information content (AvgIpc) is 3.08. The minimum Gasteiger partial charge on any atom is -0.472 e. The summed E-state index contributed by atoms with van der Waals surface area (Å²) in [6.45, 7) is 1.91. The number of allylic oxidation sites excluding steroid dienone is 1. The first-order valence-corrected chi connectivity index (χ1v) is 9.76. The van der Waals surface area contributed by atoms with Gasteiger partial charge in [0.15, 0.2) is 4.32 Å². The van der Waals surface area contributed by atoms with Gasteiger partial charge in [0, 0.05) is 23.2 Å². The summed E-state index contributed by atoms with van der Waals surface area (Å²) in [5, 5.41) is 3.34. The van der Waals surface area contributed by atoms with E-state index in [4.69, 9.17) is 17.0 Å². The molecule has 2 aromatic rings. The SMILES string of the molecule is S=C1N=CC(=Cc2cccc(-c3cncc(OC4CCCNC4)n3)c2)S1. The van der Waals surface area contributed by atoms with Crippen molar-refractivity contribution >= 4 is 40.6 Å². The fourth-order valence-electron chi connectivity index (χ4n) is 2.92. The molecule has 1 saturated heterocycles. The Hall–Kier alpha value is -2.09. The number of rotatable bonds is 4. The molecule has 3 heterocycles. The van der Waals surface area contributed by atoms with Crippen molar-refractivity contribution in [2.75, 3.05) is 13.1 Å². The van der Waals surface area contributed by atoms with Gasteiger partial charge in [0.2, 0.25) is 5.88 Å². The van der Waals surface area contributed by atoms with E-state index in [1.54, 1.807) is 18.6 Å². The van der Waals surface area contributed by atoms with Crippen molar-refractivity contribution in [3.8, 4) is 17.1 Å². The molecule has 0 amide bonds. The summed E-state index contributed by atoms with van der Waals surface area (Å²) in [5.74, 6) is 0.573. The summed E-state index contributed by atoms with van der Waals surface area (Å²) in [6.07, 6.45) is 9.63. The maximum Gasteiger partial charge on any atom is 0.233 e. The lowest BCUT2D eigenvalue weighted by Crippen LogP contribution is -2.37. The number of nitrogens with one attached hydrogen (secondary N) is 1. The van der Waals surface area contributed by atoms with Gasteiger partial charge in [-0.25, -0.2) is 9.98 Å². The molecule has 0 radical (unpaired) electrons. The number of thiocarbonyl (C=S) groups is 1. The number of aromatic nitrogens is 2. The number of piperidine rings is 1. The Bertz CT molecular complexity index is 875. The molecule has 0 spiro atoms. The third kappa shape index (κ3) is 4.35. The summed E-state index contributed by atoms with van der Waals surface area (Å²) < 4.78 is 6.64. The molecule has 7 heteroatoms. The Morgan fingerprint density at radius 1 is 1.31 bits per heavy atom. The Morgan fingerprint density at radius 3 is 3.08 bits per heavy atom. The maximum atomic E-state index is 5.98. The largest absolute Gasteiger partial charge is 0.472 e. The lowest BCUT2D eigenvalue weighted by Gasteiger charge is -2.23. The van der Waals surface area contributed by atoms with Crippen molar-refractivity contribution in [3.63, 3.8) is 0 Å². The van der Waals surface area contributed by atoms with Crippen molar-refractivity contribution < 1.29 is 4.74 Å². The summed E-state index contributed by atoms with van der Waals surface area (Å²) in [4.78, 5) is 14.1. The van der Waals surface area contributed by atoms with E-state index in [-0.39, 0.29) is 6.10 Å². The third-order valence-electron chi connectivity index (χ3n) is 4.15. The number of hydrogen-bond acceptors (Lipinski definition) is 6. The van der Waals surface area contributed by atoms with Gasteiger partial charge in [-0.1, -0.05) is 42.2 Å². The monoisotopic (exact) mass is 382 g/mol. The molecular weight excluding hydrogens is 364 g/mol. The van der Waals surface area contributed by atoms with Gasteiger partial charge in [-0.2, -0.15) is 0 Å². The summed E-state index contributed by atoms with van der Waals surface area (Å²) in [6, 6.07) is 8.17. The normalized spacial score (nSPS) is 21.3. The molecule has 0 bridgehead atoms. The van der Waals surface area contributed by atoms with E-state index in [9.17, 15) is 0 Å². The smallest absolute Gasteiger partial charge is 0.233 e. The predicted octanol–water partition coefficient (Wildman–Crippen LogP) is 3.72. The molecule has 132 valence electrons. The molecule has 26 heavy (non-hydrogen) atoms. The number of aliphatic imine (C=N–C) groups is 1. The van der Waals surface area contributed by atoms with Crippen LogP contribution in [0.2, 0.25) is 0 Å². The van der Waals surface area contributed by atoms with Gasteiger partial charge >= 0.3 is 0 Å². The highest BCUT2D eigenvalue weighted by Gasteiger charge is 2.15. The molecule has 2 aliphatic rings. The van der Waals surface area contributed by atoms with Crippen LogP contribution in [0.4, 0.5) is 0 Å². The van der Waals surface area contributed by atoms with E-state index < -0.39 is 0 Å². The van der Waals surface area contributed by atoms with E-state index in [0.29, 0.717) is 10.2 Å². The highest BCUT2D eigenvalue weighted by Crippen LogP contribution is 2.27.